The van der Waals surface area contributed by atoms with Crippen molar-refractivity contribution < 1.29 is 4.79 Å². The van der Waals surface area contributed by atoms with E-state index in [4.69, 9.17) is 23.2 Å². The van der Waals surface area contributed by atoms with Crippen molar-refractivity contribution >= 4 is 69.7 Å². The maximum absolute atomic E-state index is 12.2. The summed E-state index contributed by atoms with van der Waals surface area (Å²) in [6.45, 7) is 3.88. The Kier molecular flexibility index (Phi) is 6.83. The molecule has 4 nitrogen and oxygen atoms in total. The first-order valence-corrected chi connectivity index (χ1v) is 9.82. The van der Waals surface area contributed by atoms with E-state index in [1.807, 2.05) is 6.92 Å². The predicted molar refractivity (Wildman–Crippen MR) is 96.7 cm³/mol. The van der Waals surface area contributed by atoms with E-state index >= 15 is 0 Å². The van der Waals surface area contributed by atoms with Gasteiger partial charge in [-0.2, -0.15) is 0 Å². The van der Waals surface area contributed by atoms with Crippen molar-refractivity contribution in [2.75, 3.05) is 11.1 Å². The average molecular weight is 394 g/mol. The van der Waals surface area contributed by atoms with E-state index in [2.05, 4.69) is 22.4 Å². The standard InChI is InChI=1S/C13H13Cl2N3OS3/c1-3-20-12-17-18-13(22-12)21-7(2)11(19)16-10-5-4-8(14)6-9(10)15/h4-7H,3H2,1-2H3,(H,16,19). The van der Waals surface area contributed by atoms with Crippen LogP contribution in [0.15, 0.2) is 26.9 Å². The number of anilines is 1. The van der Waals surface area contributed by atoms with E-state index in [0.717, 1.165) is 14.4 Å². The third-order valence-electron chi connectivity index (χ3n) is 2.49. The average Bonchev–Trinajstić information content (AvgIpc) is 2.89. The van der Waals surface area contributed by atoms with Crippen LogP contribution >= 0.6 is 58.1 Å². The van der Waals surface area contributed by atoms with Gasteiger partial charge < -0.3 is 5.32 Å². The van der Waals surface area contributed by atoms with Crippen LogP contribution in [0.25, 0.3) is 0 Å². The van der Waals surface area contributed by atoms with Crippen LogP contribution in [-0.2, 0) is 4.79 Å². The van der Waals surface area contributed by atoms with Crippen molar-refractivity contribution in [2.24, 2.45) is 0 Å². The quantitative estimate of drug-likeness (QED) is 0.693. The molecule has 1 N–H and O–H groups in total. The van der Waals surface area contributed by atoms with Gasteiger partial charge in [0.05, 0.1) is 16.0 Å². The summed E-state index contributed by atoms with van der Waals surface area (Å²) in [5.41, 5.74) is 0.544. The van der Waals surface area contributed by atoms with Crippen molar-refractivity contribution in [1.82, 2.24) is 10.2 Å². The fraction of sp³-hybridized carbons (Fsp3) is 0.308. The van der Waals surface area contributed by atoms with E-state index < -0.39 is 0 Å². The lowest BCUT2D eigenvalue weighted by Crippen LogP contribution is -2.22. The first-order valence-electron chi connectivity index (χ1n) is 6.38. The Morgan fingerprint density at radius 1 is 1.36 bits per heavy atom. The summed E-state index contributed by atoms with van der Waals surface area (Å²) in [6, 6.07) is 4.95. The number of hydrogen-bond acceptors (Lipinski definition) is 6. The van der Waals surface area contributed by atoms with Gasteiger partial charge in [-0.15, -0.1) is 10.2 Å². The second-order valence-electron chi connectivity index (χ2n) is 4.14. The number of amides is 1. The molecule has 2 aromatic rings. The van der Waals surface area contributed by atoms with Crippen LogP contribution < -0.4 is 5.32 Å². The Bertz CT molecular complexity index is 666. The highest BCUT2D eigenvalue weighted by atomic mass is 35.5. The molecule has 1 aromatic heterocycles. The molecule has 0 spiro atoms. The number of hydrogen-bond donors (Lipinski definition) is 1. The molecule has 9 heteroatoms. The molecule has 0 aliphatic carbocycles. The number of thioether (sulfide) groups is 2. The Hall–Kier alpha value is -0.470. The topological polar surface area (TPSA) is 54.9 Å². The molecule has 1 amide bonds. The molecular weight excluding hydrogens is 381 g/mol. The summed E-state index contributed by atoms with van der Waals surface area (Å²) in [5, 5.41) is 11.6. The van der Waals surface area contributed by atoms with Crippen LogP contribution in [0.2, 0.25) is 10.0 Å². The Balaban J connectivity index is 1.96. The van der Waals surface area contributed by atoms with Gasteiger partial charge in [-0.1, -0.05) is 65.0 Å². The number of halogens is 2. The lowest BCUT2D eigenvalue weighted by atomic mass is 10.3. The van der Waals surface area contributed by atoms with E-state index in [9.17, 15) is 4.79 Å². The predicted octanol–water partition coefficient (Wildman–Crippen LogP) is 5.08. The molecule has 0 bridgehead atoms. The summed E-state index contributed by atoms with van der Waals surface area (Å²) in [7, 11) is 0. The molecule has 118 valence electrons. The van der Waals surface area contributed by atoms with Gasteiger partial charge in [0.1, 0.15) is 0 Å². The van der Waals surface area contributed by atoms with Crippen LogP contribution in [0.3, 0.4) is 0 Å². The monoisotopic (exact) mass is 393 g/mol. The highest BCUT2D eigenvalue weighted by Gasteiger charge is 2.18. The van der Waals surface area contributed by atoms with Crippen molar-refractivity contribution in [3.05, 3.63) is 28.2 Å². The fourth-order valence-electron chi connectivity index (χ4n) is 1.46. The molecule has 1 unspecified atom stereocenters. The van der Waals surface area contributed by atoms with Crippen molar-refractivity contribution in [3.8, 4) is 0 Å². The number of carbonyl (C=O) groups is 1. The smallest absolute Gasteiger partial charge is 0.237 e. The number of rotatable bonds is 6. The summed E-state index contributed by atoms with van der Waals surface area (Å²) >= 11 is 16.4. The van der Waals surface area contributed by atoms with Gasteiger partial charge in [0.25, 0.3) is 0 Å². The molecule has 0 fully saturated rings. The van der Waals surface area contributed by atoms with E-state index in [1.165, 1.54) is 23.1 Å². The Morgan fingerprint density at radius 3 is 2.77 bits per heavy atom. The molecule has 2 rings (SSSR count). The maximum Gasteiger partial charge on any atom is 0.237 e. The van der Waals surface area contributed by atoms with E-state index in [0.29, 0.717) is 15.7 Å². The first kappa shape index (κ1) is 17.9. The lowest BCUT2D eigenvalue weighted by molar-refractivity contribution is -0.115. The molecule has 0 aliphatic heterocycles. The lowest BCUT2D eigenvalue weighted by Gasteiger charge is -2.11. The molecule has 22 heavy (non-hydrogen) atoms. The van der Waals surface area contributed by atoms with Crippen molar-refractivity contribution in [3.63, 3.8) is 0 Å². The molecule has 1 atom stereocenters. The third kappa shape index (κ3) is 5.03. The minimum absolute atomic E-state index is 0.144. The second-order valence-corrected chi connectivity index (χ2v) is 9.06. The van der Waals surface area contributed by atoms with Gasteiger partial charge in [-0.05, 0) is 30.9 Å². The first-order chi connectivity index (χ1) is 10.5. The maximum atomic E-state index is 12.2. The number of carbonyl (C=O) groups excluding carboxylic acids is 1. The SMILES string of the molecule is CCSc1nnc(SC(C)C(=O)Nc2ccc(Cl)cc2Cl)s1. The van der Waals surface area contributed by atoms with Gasteiger partial charge in [0.15, 0.2) is 8.68 Å². The van der Waals surface area contributed by atoms with Gasteiger partial charge in [-0.3, -0.25) is 4.79 Å². The van der Waals surface area contributed by atoms with Crippen LogP contribution in [0.5, 0.6) is 0 Å². The molecule has 1 heterocycles. The summed E-state index contributed by atoms with van der Waals surface area (Å²) in [5.74, 6) is 0.804. The number of aromatic nitrogens is 2. The molecule has 0 aliphatic rings. The summed E-state index contributed by atoms with van der Waals surface area (Å²) in [4.78, 5) is 12.2. The molecule has 0 saturated heterocycles. The third-order valence-corrected chi connectivity index (χ3v) is 6.16. The minimum atomic E-state index is -0.306. The Morgan fingerprint density at radius 2 is 2.09 bits per heavy atom. The van der Waals surface area contributed by atoms with Gasteiger partial charge in [-0.25, -0.2) is 0 Å². The highest BCUT2D eigenvalue weighted by molar-refractivity contribution is 8.03. The molecule has 0 radical (unpaired) electrons. The zero-order valence-corrected chi connectivity index (χ0v) is 15.8. The van der Waals surface area contributed by atoms with Gasteiger partial charge in [0, 0.05) is 5.02 Å². The largest absolute Gasteiger partial charge is 0.324 e. The van der Waals surface area contributed by atoms with Crippen LogP contribution in [0, 0.1) is 0 Å². The normalized spacial score (nSPS) is 12.2. The van der Waals surface area contributed by atoms with Crippen LogP contribution in [0.4, 0.5) is 5.69 Å². The summed E-state index contributed by atoms with van der Waals surface area (Å²) in [6.07, 6.45) is 0. The molecule has 1 aromatic carbocycles. The zero-order valence-electron chi connectivity index (χ0n) is 11.8. The summed E-state index contributed by atoms with van der Waals surface area (Å²) < 4.78 is 1.69. The van der Waals surface area contributed by atoms with E-state index in [1.54, 1.807) is 30.0 Å². The fourth-order valence-corrected chi connectivity index (χ4v) is 4.97. The zero-order chi connectivity index (χ0) is 16.1. The van der Waals surface area contributed by atoms with Crippen molar-refractivity contribution in [1.29, 1.82) is 0 Å². The Labute approximate surface area is 151 Å². The number of nitrogens with one attached hydrogen (secondary N) is 1. The molecule has 0 saturated carbocycles. The van der Waals surface area contributed by atoms with Crippen molar-refractivity contribution in [2.45, 2.75) is 27.8 Å². The second kappa shape index (κ2) is 8.40. The number of benzene rings is 1. The number of nitrogens with zero attached hydrogens (tertiary/aromatic N) is 2. The van der Waals surface area contributed by atoms with Gasteiger partial charge >= 0.3 is 0 Å². The van der Waals surface area contributed by atoms with E-state index in [-0.39, 0.29) is 11.2 Å². The highest BCUT2D eigenvalue weighted by Crippen LogP contribution is 2.32. The van der Waals surface area contributed by atoms with Gasteiger partial charge in [0.2, 0.25) is 5.91 Å². The molecular formula is C13H13Cl2N3OS3. The van der Waals surface area contributed by atoms with Crippen LogP contribution in [-0.4, -0.2) is 27.1 Å². The van der Waals surface area contributed by atoms with Crippen LogP contribution in [0.1, 0.15) is 13.8 Å². The minimum Gasteiger partial charge on any atom is -0.324 e.